The molecule has 2 rings (SSSR count). The van der Waals surface area contributed by atoms with Gasteiger partial charge in [-0.25, -0.2) is 9.97 Å². The summed E-state index contributed by atoms with van der Waals surface area (Å²) in [5, 5.41) is 9.34. The number of rotatable bonds is 4. The lowest BCUT2D eigenvalue weighted by Crippen LogP contribution is -2.31. The standard InChI is InChI=1S/C13H21N3O2/c1-10-14-7-12(9-17)13(15-10)16(2)8-11-3-5-18-6-4-11/h7,11,17H,3-6,8-9H2,1-2H3. The molecule has 1 aliphatic rings. The van der Waals surface area contributed by atoms with Gasteiger partial charge in [0.1, 0.15) is 11.6 Å². The van der Waals surface area contributed by atoms with Crippen LogP contribution in [0.1, 0.15) is 24.2 Å². The van der Waals surface area contributed by atoms with Crippen molar-refractivity contribution in [2.45, 2.75) is 26.4 Å². The van der Waals surface area contributed by atoms with Crippen LogP contribution in [0.4, 0.5) is 5.82 Å². The zero-order valence-electron chi connectivity index (χ0n) is 11.1. The minimum Gasteiger partial charge on any atom is -0.391 e. The second-order valence-corrected chi connectivity index (χ2v) is 4.86. The zero-order valence-corrected chi connectivity index (χ0v) is 11.1. The maximum absolute atomic E-state index is 9.34. The topological polar surface area (TPSA) is 58.5 Å². The monoisotopic (exact) mass is 251 g/mol. The highest BCUT2D eigenvalue weighted by atomic mass is 16.5. The number of aromatic nitrogens is 2. The minimum atomic E-state index is -0.0201. The van der Waals surface area contributed by atoms with Gasteiger partial charge in [0.15, 0.2) is 0 Å². The lowest BCUT2D eigenvalue weighted by atomic mass is 10.00. The number of aliphatic hydroxyl groups excluding tert-OH is 1. The first-order valence-corrected chi connectivity index (χ1v) is 6.43. The van der Waals surface area contributed by atoms with Gasteiger partial charge in [-0.05, 0) is 25.7 Å². The molecule has 1 aliphatic heterocycles. The lowest BCUT2D eigenvalue weighted by molar-refractivity contribution is 0.0684. The molecule has 0 saturated carbocycles. The number of aryl methyl sites for hydroxylation is 1. The van der Waals surface area contributed by atoms with Crippen molar-refractivity contribution in [3.63, 3.8) is 0 Å². The first kappa shape index (κ1) is 13.2. The van der Waals surface area contributed by atoms with Crippen molar-refractivity contribution in [2.24, 2.45) is 5.92 Å². The van der Waals surface area contributed by atoms with E-state index in [0.717, 1.165) is 49.8 Å². The Morgan fingerprint density at radius 1 is 1.44 bits per heavy atom. The van der Waals surface area contributed by atoms with Gasteiger partial charge in [-0.2, -0.15) is 0 Å². The third kappa shape index (κ3) is 3.17. The predicted octanol–water partition coefficient (Wildman–Crippen LogP) is 1.14. The van der Waals surface area contributed by atoms with Gasteiger partial charge in [0, 0.05) is 38.6 Å². The molecule has 1 fully saturated rings. The lowest BCUT2D eigenvalue weighted by Gasteiger charge is -2.28. The Kier molecular flexibility index (Phi) is 4.49. The van der Waals surface area contributed by atoms with Crippen molar-refractivity contribution in [3.8, 4) is 0 Å². The second kappa shape index (κ2) is 6.11. The molecule has 1 N–H and O–H groups in total. The predicted molar refractivity (Wildman–Crippen MR) is 69.5 cm³/mol. The van der Waals surface area contributed by atoms with Crippen LogP contribution in [0.5, 0.6) is 0 Å². The molecule has 0 aliphatic carbocycles. The Hall–Kier alpha value is -1.20. The van der Waals surface area contributed by atoms with Crippen molar-refractivity contribution < 1.29 is 9.84 Å². The summed E-state index contributed by atoms with van der Waals surface area (Å²) < 4.78 is 5.37. The van der Waals surface area contributed by atoms with Crippen molar-refractivity contribution >= 4 is 5.82 Å². The number of aliphatic hydroxyl groups is 1. The summed E-state index contributed by atoms with van der Waals surface area (Å²) in [4.78, 5) is 10.7. The van der Waals surface area contributed by atoms with E-state index >= 15 is 0 Å². The maximum Gasteiger partial charge on any atom is 0.137 e. The average Bonchev–Trinajstić information content (AvgIpc) is 2.40. The Morgan fingerprint density at radius 2 is 2.17 bits per heavy atom. The molecule has 5 heteroatoms. The highest BCUT2D eigenvalue weighted by Crippen LogP contribution is 2.21. The van der Waals surface area contributed by atoms with E-state index in [4.69, 9.17) is 4.74 Å². The molecule has 0 spiro atoms. The van der Waals surface area contributed by atoms with Crippen LogP contribution in [-0.4, -0.2) is 41.9 Å². The molecule has 100 valence electrons. The van der Waals surface area contributed by atoms with E-state index in [1.807, 2.05) is 14.0 Å². The molecule has 0 aromatic carbocycles. The summed E-state index contributed by atoms with van der Waals surface area (Å²) in [6.07, 6.45) is 3.91. The summed E-state index contributed by atoms with van der Waals surface area (Å²) in [6, 6.07) is 0. The SMILES string of the molecule is Cc1ncc(CO)c(N(C)CC2CCOCC2)n1. The van der Waals surface area contributed by atoms with Crippen molar-refractivity contribution in [2.75, 3.05) is 31.7 Å². The van der Waals surface area contributed by atoms with Gasteiger partial charge in [-0.3, -0.25) is 0 Å². The van der Waals surface area contributed by atoms with Gasteiger partial charge in [-0.1, -0.05) is 0 Å². The Morgan fingerprint density at radius 3 is 2.83 bits per heavy atom. The molecular weight excluding hydrogens is 230 g/mol. The molecule has 0 atom stereocenters. The summed E-state index contributed by atoms with van der Waals surface area (Å²) in [6.45, 7) is 4.51. The van der Waals surface area contributed by atoms with E-state index in [2.05, 4.69) is 14.9 Å². The van der Waals surface area contributed by atoms with Gasteiger partial charge < -0.3 is 14.7 Å². The molecule has 1 saturated heterocycles. The van der Waals surface area contributed by atoms with Gasteiger partial charge >= 0.3 is 0 Å². The highest BCUT2D eigenvalue weighted by Gasteiger charge is 2.18. The normalized spacial score (nSPS) is 16.8. The quantitative estimate of drug-likeness (QED) is 0.869. The maximum atomic E-state index is 9.34. The van der Waals surface area contributed by atoms with Crippen LogP contribution in [-0.2, 0) is 11.3 Å². The third-order valence-corrected chi connectivity index (χ3v) is 3.37. The molecule has 2 heterocycles. The van der Waals surface area contributed by atoms with Gasteiger partial charge in [0.25, 0.3) is 0 Å². The molecular formula is C13H21N3O2. The Labute approximate surface area is 108 Å². The molecule has 18 heavy (non-hydrogen) atoms. The van der Waals surface area contributed by atoms with E-state index in [9.17, 15) is 5.11 Å². The van der Waals surface area contributed by atoms with Crippen LogP contribution < -0.4 is 4.90 Å². The highest BCUT2D eigenvalue weighted by molar-refractivity contribution is 5.45. The van der Waals surface area contributed by atoms with Crippen LogP contribution in [0.15, 0.2) is 6.20 Å². The number of ether oxygens (including phenoxy) is 1. The first-order valence-electron chi connectivity index (χ1n) is 6.43. The van der Waals surface area contributed by atoms with Crippen molar-refractivity contribution in [1.29, 1.82) is 0 Å². The van der Waals surface area contributed by atoms with Crippen molar-refractivity contribution in [1.82, 2.24) is 9.97 Å². The summed E-state index contributed by atoms with van der Waals surface area (Å²) >= 11 is 0. The second-order valence-electron chi connectivity index (χ2n) is 4.86. The fourth-order valence-corrected chi connectivity index (χ4v) is 2.33. The number of hydrogen-bond donors (Lipinski definition) is 1. The van der Waals surface area contributed by atoms with Gasteiger partial charge in [0.05, 0.1) is 6.61 Å². The summed E-state index contributed by atoms with van der Waals surface area (Å²) in [5.74, 6) is 2.23. The van der Waals surface area contributed by atoms with Crippen LogP contribution >= 0.6 is 0 Å². The Bertz CT molecular complexity index is 392. The molecule has 1 aromatic rings. The van der Waals surface area contributed by atoms with Gasteiger partial charge in [0.2, 0.25) is 0 Å². The van der Waals surface area contributed by atoms with Crippen LogP contribution in [0, 0.1) is 12.8 Å². The molecule has 0 unspecified atom stereocenters. The first-order chi connectivity index (χ1) is 8.70. The minimum absolute atomic E-state index is 0.0201. The van der Waals surface area contributed by atoms with Crippen LogP contribution in [0.2, 0.25) is 0 Å². The number of hydrogen-bond acceptors (Lipinski definition) is 5. The largest absolute Gasteiger partial charge is 0.391 e. The Balaban J connectivity index is 2.07. The fraction of sp³-hybridized carbons (Fsp3) is 0.692. The number of nitrogens with zero attached hydrogens (tertiary/aromatic N) is 3. The zero-order chi connectivity index (χ0) is 13.0. The number of anilines is 1. The molecule has 0 radical (unpaired) electrons. The van der Waals surface area contributed by atoms with Crippen LogP contribution in [0.25, 0.3) is 0 Å². The summed E-state index contributed by atoms with van der Waals surface area (Å²) in [5.41, 5.74) is 0.787. The van der Waals surface area contributed by atoms with Crippen LogP contribution in [0.3, 0.4) is 0 Å². The van der Waals surface area contributed by atoms with E-state index < -0.39 is 0 Å². The molecule has 0 amide bonds. The molecule has 5 nitrogen and oxygen atoms in total. The van der Waals surface area contributed by atoms with E-state index in [1.54, 1.807) is 6.20 Å². The smallest absolute Gasteiger partial charge is 0.137 e. The molecule has 1 aromatic heterocycles. The van der Waals surface area contributed by atoms with E-state index in [0.29, 0.717) is 5.92 Å². The van der Waals surface area contributed by atoms with E-state index in [-0.39, 0.29) is 6.61 Å². The summed E-state index contributed by atoms with van der Waals surface area (Å²) in [7, 11) is 2.02. The van der Waals surface area contributed by atoms with E-state index in [1.165, 1.54) is 0 Å². The third-order valence-electron chi connectivity index (χ3n) is 3.37. The van der Waals surface area contributed by atoms with Crippen molar-refractivity contribution in [3.05, 3.63) is 17.6 Å². The van der Waals surface area contributed by atoms with Gasteiger partial charge in [-0.15, -0.1) is 0 Å². The molecule has 0 bridgehead atoms. The fourth-order valence-electron chi connectivity index (χ4n) is 2.33. The average molecular weight is 251 g/mol.